The molecule has 0 aliphatic rings. The molecular weight excluding hydrogens is 261 g/mol. The Kier molecular flexibility index (Phi) is 3.34. The quantitative estimate of drug-likeness (QED) is 0.927. The van der Waals surface area contributed by atoms with Crippen LogP contribution in [0.1, 0.15) is 23.0 Å². The molecule has 2 aromatic rings. The first kappa shape index (κ1) is 12.6. The molecule has 0 bridgehead atoms. The second-order valence-corrected chi connectivity index (χ2v) is 3.99. The summed E-state index contributed by atoms with van der Waals surface area (Å²) in [5.41, 5.74) is -0.285. The predicted octanol–water partition coefficient (Wildman–Crippen LogP) is 3.39. The van der Waals surface area contributed by atoms with Crippen LogP contribution in [0.15, 0.2) is 22.7 Å². The van der Waals surface area contributed by atoms with Crippen molar-refractivity contribution in [2.45, 2.75) is 13.3 Å². The molecule has 1 aromatic carbocycles. The van der Waals surface area contributed by atoms with Crippen LogP contribution in [0.25, 0.3) is 11.3 Å². The van der Waals surface area contributed by atoms with Crippen molar-refractivity contribution < 1.29 is 18.8 Å². The molecule has 94 valence electrons. The van der Waals surface area contributed by atoms with E-state index in [4.69, 9.17) is 21.2 Å². The highest BCUT2D eigenvalue weighted by atomic mass is 35.5. The molecule has 0 aliphatic heterocycles. The van der Waals surface area contributed by atoms with Crippen molar-refractivity contribution in [3.8, 4) is 11.3 Å². The SMILES string of the molecule is CCc1onc(-c2c(F)cccc2Cl)c1C(=O)O. The summed E-state index contributed by atoms with van der Waals surface area (Å²) in [6.45, 7) is 1.72. The number of hydrogen-bond donors (Lipinski definition) is 1. The number of carbonyl (C=O) groups is 1. The van der Waals surface area contributed by atoms with Crippen LogP contribution in [0.3, 0.4) is 0 Å². The Morgan fingerprint density at radius 1 is 1.56 bits per heavy atom. The van der Waals surface area contributed by atoms with E-state index in [2.05, 4.69) is 5.16 Å². The second kappa shape index (κ2) is 4.78. The first-order chi connectivity index (χ1) is 8.56. The summed E-state index contributed by atoms with van der Waals surface area (Å²) in [7, 11) is 0. The van der Waals surface area contributed by atoms with Crippen LogP contribution in [0, 0.1) is 5.82 Å². The van der Waals surface area contributed by atoms with Gasteiger partial charge in [0.05, 0.1) is 10.6 Å². The monoisotopic (exact) mass is 269 g/mol. The van der Waals surface area contributed by atoms with Gasteiger partial charge in [0.25, 0.3) is 0 Å². The van der Waals surface area contributed by atoms with Crippen LogP contribution < -0.4 is 0 Å². The molecule has 0 fully saturated rings. The summed E-state index contributed by atoms with van der Waals surface area (Å²) in [6, 6.07) is 4.08. The smallest absolute Gasteiger partial charge is 0.341 e. The Hall–Kier alpha value is -1.88. The number of nitrogens with zero attached hydrogens (tertiary/aromatic N) is 1. The van der Waals surface area contributed by atoms with Crippen molar-refractivity contribution in [1.82, 2.24) is 5.16 Å². The summed E-state index contributed by atoms with van der Waals surface area (Å²) >= 11 is 5.88. The van der Waals surface area contributed by atoms with E-state index < -0.39 is 11.8 Å². The minimum atomic E-state index is -1.22. The zero-order valence-corrected chi connectivity index (χ0v) is 10.2. The van der Waals surface area contributed by atoms with Crippen molar-refractivity contribution in [1.29, 1.82) is 0 Å². The largest absolute Gasteiger partial charge is 0.477 e. The molecule has 2 rings (SSSR count). The molecule has 4 nitrogen and oxygen atoms in total. The molecule has 0 saturated carbocycles. The molecule has 0 radical (unpaired) electrons. The number of aromatic carboxylic acids is 1. The van der Waals surface area contributed by atoms with Crippen molar-refractivity contribution >= 4 is 17.6 Å². The molecule has 0 aliphatic carbocycles. The molecule has 1 aromatic heterocycles. The number of carboxylic acid groups (broad SMARTS) is 1. The van der Waals surface area contributed by atoms with E-state index in [9.17, 15) is 9.18 Å². The van der Waals surface area contributed by atoms with E-state index in [0.717, 1.165) is 0 Å². The minimum absolute atomic E-state index is 0.0555. The fourth-order valence-electron chi connectivity index (χ4n) is 1.68. The maximum absolute atomic E-state index is 13.7. The van der Waals surface area contributed by atoms with E-state index in [1.54, 1.807) is 6.92 Å². The molecule has 18 heavy (non-hydrogen) atoms. The first-order valence-corrected chi connectivity index (χ1v) is 5.60. The summed E-state index contributed by atoms with van der Waals surface area (Å²) in [6.07, 6.45) is 0.348. The van der Waals surface area contributed by atoms with Crippen molar-refractivity contribution in [2.75, 3.05) is 0 Å². The average molecular weight is 270 g/mol. The van der Waals surface area contributed by atoms with Gasteiger partial charge in [0, 0.05) is 6.42 Å². The van der Waals surface area contributed by atoms with E-state index in [1.807, 2.05) is 0 Å². The standard InChI is InChI=1S/C12H9ClFNO3/c1-2-8-10(12(16)17)11(15-18-8)9-6(13)4-3-5-7(9)14/h3-5H,2H2,1H3,(H,16,17). The molecular formula is C12H9ClFNO3. The highest BCUT2D eigenvalue weighted by Gasteiger charge is 2.25. The van der Waals surface area contributed by atoms with Gasteiger partial charge in [-0.3, -0.25) is 0 Å². The third kappa shape index (κ3) is 1.97. The summed E-state index contributed by atoms with van der Waals surface area (Å²) in [4.78, 5) is 11.2. The van der Waals surface area contributed by atoms with Crippen LogP contribution in [-0.2, 0) is 6.42 Å². The summed E-state index contributed by atoms with van der Waals surface area (Å²) < 4.78 is 18.6. The normalized spacial score (nSPS) is 10.6. The highest BCUT2D eigenvalue weighted by molar-refractivity contribution is 6.33. The number of benzene rings is 1. The minimum Gasteiger partial charge on any atom is -0.477 e. The van der Waals surface area contributed by atoms with Gasteiger partial charge >= 0.3 is 5.97 Å². The van der Waals surface area contributed by atoms with Gasteiger partial charge in [0.15, 0.2) is 5.76 Å². The molecule has 0 unspecified atom stereocenters. The predicted molar refractivity (Wildman–Crippen MR) is 63.2 cm³/mol. The maximum Gasteiger partial charge on any atom is 0.341 e. The van der Waals surface area contributed by atoms with Gasteiger partial charge in [-0.15, -0.1) is 0 Å². The Morgan fingerprint density at radius 2 is 2.28 bits per heavy atom. The van der Waals surface area contributed by atoms with Crippen LogP contribution in [0.2, 0.25) is 5.02 Å². The zero-order valence-electron chi connectivity index (χ0n) is 9.41. The number of rotatable bonds is 3. The number of carboxylic acids is 1. The lowest BCUT2D eigenvalue weighted by Gasteiger charge is -2.03. The van der Waals surface area contributed by atoms with E-state index >= 15 is 0 Å². The molecule has 6 heteroatoms. The van der Waals surface area contributed by atoms with Gasteiger partial charge in [0.1, 0.15) is 17.1 Å². The fraction of sp³-hybridized carbons (Fsp3) is 0.167. The van der Waals surface area contributed by atoms with E-state index in [0.29, 0.717) is 6.42 Å². The van der Waals surface area contributed by atoms with Gasteiger partial charge in [-0.2, -0.15) is 0 Å². The van der Waals surface area contributed by atoms with Crippen molar-refractivity contribution in [2.24, 2.45) is 0 Å². The fourth-order valence-corrected chi connectivity index (χ4v) is 1.93. The Bertz CT molecular complexity index is 589. The molecule has 0 atom stereocenters. The summed E-state index contributed by atoms with van der Waals surface area (Å²) in [5.74, 6) is -1.67. The average Bonchev–Trinajstić information content (AvgIpc) is 2.72. The number of hydrogen-bond acceptors (Lipinski definition) is 3. The third-order valence-electron chi connectivity index (χ3n) is 2.50. The molecule has 0 amide bonds. The Morgan fingerprint density at radius 3 is 2.83 bits per heavy atom. The molecule has 0 spiro atoms. The first-order valence-electron chi connectivity index (χ1n) is 5.22. The third-order valence-corrected chi connectivity index (χ3v) is 2.81. The van der Waals surface area contributed by atoms with Crippen LogP contribution in [0.4, 0.5) is 4.39 Å². The van der Waals surface area contributed by atoms with Crippen LogP contribution in [0.5, 0.6) is 0 Å². The van der Waals surface area contributed by atoms with Crippen LogP contribution >= 0.6 is 11.6 Å². The number of aromatic nitrogens is 1. The summed E-state index contributed by atoms with van der Waals surface area (Å²) in [5, 5.41) is 12.9. The lowest BCUT2D eigenvalue weighted by atomic mass is 10.0. The van der Waals surface area contributed by atoms with Crippen molar-refractivity contribution in [3.63, 3.8) is 0 Å². The zero-order chi connectivity index (χ0) is 13.3. The topological polar surface area (TPSA) is 63.3 Å². The van der Waals surface area contributed by atoms with Gasteiger partial charge in [0.2, 0.25) is 0 Å². The maximum atomic E-state index is 13.7. The lowest BCUT2D eigenvalue weighted by Crippen LogP contribution is -2.02. The number of halogens is 2. The Labute approximate surface area is 107 Å². The molecule has 1 N–H and O–H groups in total. The van der Waals surface area contributed by atoms with E-state index in [1.165, 1.54) is 18.2 Å². The van der Waals surface area contributed by atoms with Gasteiger partial charge in [-0.25, -0.2) is 9.18 Å². The highest BCUT2D eigenvalue weighted by Crippen LogP contribution is 2.33. The van der Waals surface area contributed by atoms with Gasteiger partial charge in [-0.1, -0.05) is 29.7 Å². The van der Waals surface area contributed by atoms with Crippen molar-refractivity contribution in [3.05, 3.63) is 40.4 Å². The Balaban J connectivity index is 2.72. The van der Waals surface area contributed by atoms with Crippen LogP contribution in [-0.4, -0.2) is 16.2 Å². The molecule has 1 heterocycles. The number of aryl methyl sites for hydroxylation is 1. The van der Waals surface area contributed by atoms with Gasteiger partial charge < -0.3 is 9.63 Å². The second-order valence-electron chi connectivity index (χ2n) is 3.58. The van der Waals surface area contributed by atoms with Gasteiger partial charge in [-0.05, 0) is 12.1 Å². The lowest BCUT2D eigenvalue weighted by molar-refractivity contribution is 0.0695. The van der Waals surface area contributed by atoms with E-state index in [-0.39, 0.29) is 27.6 Å². The molecule has 0 saturated heterocycles.